The van der Waals surface area contributed by atoms with Crippen molar-refractivity contribution in [2.45, 2.75) is 0 Å². The molecule has 0 aliphatic carbocycles. The number of carboxylic acid groups (broad SMARTS) is 1. The van der Waals surface area contributed by atoms with Crippen molar-refractivity contribution in [3.05, 3.63) is 35.6 Å². The van der Waals surface area contributed by atoms with E-state index in [4.69, 9.17) is 9.84 Å². The number of sulfone groups is 1. The smallest absolute Gasteiger partial charge is 0.355 e. The molecule has 8 heteroatoms. The predicted octanol–water partition coefficient (Wildman–Crippen LogP) is 0.213. The van der Waals surface area contributed by atoms with E-state index in [9.17, 15) is 13.2 Å². The maximum Gasteiger partial charge on any atom is 0.355 e. The first-order valence-electron chi connectivity index (χ1n) is 4.79. The van der Waals surface area contributed by atoms with Crippen molar-refractivity contribution in [3.63, 3.8) is 0 Å². The van der Waals surface area contributed by atoms with Crippen LogP contribution in [-0.2, 0) is 14.6 Å². The lowest BCUT2D eigenvalue weighted by Crippen LogP contribution is -2.17. The Kier molecular flexibility index (Phi) is 3.11. The van der Waals surface area contributed by atoms with E-state index >= 15 is 0 Å². The molecule has 0 atom stereocenters. The minimum absolute atomic E-state index is 0.330. The maximum absolute atomic E-state index is 11.5. The number of carbonyl (C=O) groups is 1. The predicted molar refractivity (Wildman–Crippen MR) is 61.8 cm³/mol. The van der Waals surface area contributed by atoms with Gasteiger partial charge < -0.3 is 9.84 Å². The quantitative estimate of drug-likeness (QED) is 0.836. The maximum atomic E-state index is 11.5. The van der Waals surface area contributed by atoms with Gasteiger partial charge >= 0.3 is 5.97 Å². The van der Waals surface area contributed by atoms with Crippen molar-refractivity contribution in [2.75, 3.05) is 6.61 Å². The van der Waals surface area contributed by atoms with Crippen molar-refractivity contribution in [3.8, 4) is 5.75 Å². The summed E-state index contributed by atoms with van der Waals surface area (Å²) < 4.78 is 28.2. The van der Waals surface area contributed by atoms with Crippen LogP contribution in [0.5, 0.6) is 5.75 Å². The van der Waals surface area contributed by atoms with E-state index < -0.39 is 21.5 Å². The number of ether oxygens (including phenoxy) is 1. The normalized spacial score (nSPS) is 16.9. The standard InChI is InChI=1S/C10H8N2O5S/c13-10(14)8-6-18(15,16)9(12-8)5-17-7-2-1-3-11-4-7/h1-4,6H,5H2,(H,13,14). The summed E-state index contributed by atoms with van der Waals surface area (Å²) in [6, 6.07) is 3.22. The number of carboxylic acids is 1. The van der Waals surface area contributed by atoms with E-state index in [1.54, 1.807) is 18.3 Å². The summed E-state index contributed by atoms with van der Waals surface area (Å²) in [7, 11) is -3.79. The third-order valence-corrected chi connectivity index (χ3v) is 3.46. The van der Waals surface area contributed by atoms with Crippen LogP contribution in [0.4, 0.5) is 0 Å². The molecular weight excluding hydrogens is 260 g/mol. The average molecular weight is 268 g/mol. The number of pyridine rings is 1. The van der Waals surface area contributed by atoms with E-state index in [1.807, 2.05) is 0 Å². The van der Waals surface area contributed by atoms with Crippen LogP contribution in [-0.4, -0.2) is 36.1 Å². The van der Waals surface area contributed by atoms with Crippen LogP contribution in [0.15, 0.2) is 40.6 Å². The molecule has 1 aliphatic rings. The molecule has 0 fully saturated rings. The lowest BCUT2D eigenvalue weighted by Gasteiger charge is -2.04. The zero-order chi connectivity index (χ0) is 13.2. The molecule has 0 unspecified atom stereocenters. The Hall–Kier alpha value is -2.22. The van der Waals surface area contributed by atoms with Crippen molar-refractivity contribution >= 4 is 20.9 Å². The van der Waals surface area contributed by atoms with Crippen LogP contribution in [0.1, 0.15) is 0 Å². The fraction of sp³-hybridized carbons (Fsp3) is 0.100. The van der Waals surface area contributed by atoms with Crippen molar-refractivity contribution in [1.29, 1.82) is 0 Å². The third kappa shape index (κ3) is 2.54. The second-order valence-electron chi connectivity index (χ2n) is 3.34. The Labute approximate surface area is 102 Å². The van der Waals surface area contributed by atoms with Gasteiger partial charge in [0.1, 0.15) is 12.4 Å². The summed E-state index contributed by atoms with van der Waals surface area (Å²) in [4.78, 5) is 17.9. The molecule has 0 amide bonds. The van der Waals surface area contributed by atoms with E-state index in [-0.39, 0.29) is 11.7 Å². The van der Waals surface area contributed by atoms with Gasteiger partial charge in [-0.15, -0.1) is 0 Å². The molecule has 7 nitrogen and oxygen atoms in total. The lowest BCUT2D eigenvalue weighted by atomic mass is 10.5. The Morgan fingerprint density at radius 3 is 2.78 bits per heavy atom. The van der Waals surface area contributed by atoms with E-state index in [0.29, 0.717) is 11.2 Å². The monoisotopic (exact) mass is 268 g/mol. The molecule has 0 aromatic carbocycles. The van der Waals surface area contributed by atoms with E-state index in [1.165, 1.54) is 6.20 Å². The van der Waals surface area contributed by atoms with Gasteiger partial charge in [0.25, 0.3) is 0 Å². The summed E-state index contributed by atoms with van der Waals surface area (Å²) in [6.07, 6.45) is 2.95. The molecule has 18 heavy (non-hydrogen) atoms. The molecule has 0 saturated heterocycles. The van der Waals surface area contributed by atoms with Crippen LogP contribution < -0.4 is 4.74 Å². The SMILES string of the molecule is O=C(O)C1=CS(=O)(=O)C(COc2cccnc2)=N1. The second kappa shape index (κ2) is 4.57. The molecule has 0 saturated carbocycles. The van der Waals surface area contributed by atoms with Crippen molar-refractivity contribution < 1.29 is 23.1 Å². The summed E-state index contributed by atoms with van der Waals surface area (Å²) in [6.45, 7) is -0.332. The molecule has 0 bridgehead atoms. The highest BCUT2D eigenvalue weighted by atomic mass is 32.2. The summed E-state index contributed by atoms with van der Waals surface area (Å²) in [5, 5.41) is 8.94. The van der Waals surface area contributed by atoms with Gasteiger partial charge in [-0.3, -0.25) is 4.98 Å². The molecule has 2 heterocycles. The van der Waals surface area contributed by atoms with Crippen LogP contribution in [0, 0.1) is 0 Å². The van der Waals surface area contributed by atoms with Crippen LogP contribution >= 0.6 is 0 Å². The Balaban J connectivity index is 2.12. The highest BCUT2D eigenvalue weighted by Gasteiger charge is 2.28. The molecule has 1 N–H and O–H groups in total. The van der Waals surface area contributed by atoms with Gasteiger partial charge in [-0.25, -0.2) is 18.2 Å². The van der Waals surface area contributed by atoms with Gasteiger partial charge in [0, 0.05) is 6.20 Å². The molecular formula is C10H8N2O5S. The Morgan fingerprint density at radius 2 is 2.22 bits per heavy atom. The molecule has 1 aliphatic heterocycles. The number of rotatable bonds is 4. The lowest BCUT2D eigenvalue weighted by molar-refractivity contribution is -0.132. The number of hydrogen-bond donors (Lipinski definition) is 1. The van der Waals surface area contributed by atoms with Gasteiger partial charge in [0.15, 0.2) is 10.7 Å². The van der Waals surface area contributed by atoms with Crippen molar-refractivity contribution in [1.82, 2.24) is 4.98 Å². The van der Waals surface area contributed by atoms with E-state index in [0.717, 1.165) is 0 Å². The topological polar surface area (TPSA) is 106 Å². The number of aliphatic imine (C=N–C) groups is 1. The molecule has 94 valence electrons. The minimum Gasteiger partial charge on any atom is -0.485 e. The van der Waals surface area contributed by atoms with Crippen molar-refractivity contribution in [2.24, 2.45) is 4.99 Å². The highest BCUT2D eigenvalue weighted by Crippen LogP contribution is 2.16. The van der Waals surface area contributed by atoms with Gasteiger partial charge in [-0.2, -0.15) is 0 Å². The van der Waals surface area contributed by atoms with Gasteiger partial charge in [0.05, 0.1) is 11.6 Å². The average Bonchev–Trinajstić information content (AvgIpc) is 2.64. The van der Waals surface area contributed by atoms with Gasteiger partial charge in [-0.1, -0.05) is 0 Å². The first kappa shape index (κ1) is 12.2. The van der Waals surface area contributed by atoms with E-state index in [2.05, 4.69) is 9.98 Å². The summed E-state index contributed by atoms with van der Waals surface area (Å²) >= 11 is 0. The largest absolute Gasteiger partial charge is 0.485 e. The Bertz CT molecular complexity index is 633. The number of aliphatic carboxylic acids is 1. The van der Waals surface area contributed by atoms with Gasteiger partial charge in [-0.05, 0) is 12.1 Å². The fourth-order valence-electron chi connectivity index (χ4n) is 1.23. The summed E-state index contributed by atoms with van der Waals surface area (Å²) in [5.41, 5.74) is -0.514. The van der Waals surface area contributed by atoms with Crippen LogP contribution in [0.25, 0.3) is 0 Å². The number of aromatic nitrogens is 1. The fourth-order valence-corrected chi connectivity index (χ4v) is 2.26. The summed E-state index contributed by atoms with van der Waals surface area (Å²) in [5.74, 6) is -1.02. The minimum atomic E-state index is -3.79. The molecule has 2 rings (SSSR count). The third-order valence-electron chi connectivity index (χ3n) is 2.06. The second-order valence-corrected chi connectivity index (χ2v) is 5.13. The number of nitrogens with zero attached hydrogens (tertiary/aromatic N) is 2. The highest BCUT2D eigenvalue weighted by molar-refractivity contribution is 8.09. The zero-order valence-electron chi connectivity index (χ0n) is 8.98. The molecule has 0 radical (unpaired) electrons. The van der Waals surface area contributed by atoms with Crippen LogP contribution in [0.3, 0.4) is 0 Å². The zero-order valence-corrected chi connectivity index (χ0v) is 9.79. The van der Waals surface area contributed by atoms with Crippen LogP contribution in [0.2, 0.25) is 0 Å². The molecule has 0 spiro atoms. The molecule has 1 aromatic rings. The first-order chi connectivity index (χ1) is 8.49. The Morgan fingerprint density at radius 1 is 1.44 bits per heavy atom. The van der Waals surface area contributed by atoms with Gasteiger partial charge in [0.2, 0.25) is 9.84 Å². The first-order valence-corrected chi connectivity index (χ1v) is 6.34. The molecule has 1 aromatic heterocycles. The number of hydrogen-bond acceptors (Lipinski definition) is 6.